The van der Waals surface area contributed by atoms with Gasteiger partial charge in [-0.1, -0.05) is 0 Å². The molecule has 11 heavy (non-hydrogen) atoms. The summed E-state index contributed by atoms with van der Waals surface area (Å²) >= 11 is 0. The van der Waals surface area contributed by atoms with Gasteiger partial charge in [0.05, 0.1) is 0 Å². The van der Waals surface area contributed by atoms with Crippen LogP contribution in [0.15, 0.2) is 16.5 Å². The summed E-state index contributed by atoms with van der Waals surface area (Å²) in [5.74, 6) is 0.497. The Bertz CT molecular complexity index is 401. The maximum atomic E-state index is 9.19. The van der Waals surface area contributed by atoms with Gasteiger partial charge in [0, 0.05) is 12.1 Å². The lowest BCUT2D eigenvalue weighted by Crippen LogP contribution is -1.95. The number of anilines is 2. The molecule has 0 saturated carbocycles. The summed E-state index contributed by atoms with van der Waals surface area (Å²) in [5, 5.41) is 9.19. The van der Waals surface area contributed by atoms with Gasteiger partial charge in [-0.05, 0) is 0 Å². The van der Waals surface area contributed by atoms with Gasteiger partial charge in [-0.2, -0.15) is 4.73 Å². The minimum Gasteiger partial charge on any atom is -0.439 e. The molecule has 2 aromatic rings. The van der Waals surface area contributed by atoms with E-state index in [1.54, 1.807) is 0 Å². The Balaban J connectivity index is 2.88. The van der Waals surface area contributed by atoms with Gasteiger partial charge in [0.2, 0.25) is 0 Å². The number of hydrogen-bond donors (Lipinski definition) is 3. The van der Waals surface area contributed by atoms with Crippen molar-refractivity contribution in [1.29, 1.82) is 0 Å². The van der Waals surface area contributed by atoms with E-state index in [0.29, 0.717) is 11.1 Å². The Kier molecular flexibility index (Phi) is 0.883. The number of rotatable bonds is 0. The number of nitrogen functional groups attached to an aromatic ring is 2. The van der Waals surface area contributed by atoms with Crippen LogP contribution in [0.25, 0.3) is 11.1 Å². The lowest BCUT2D eigenvalue weighted by molar-refractivity contribution is 0.206. The fourth-order valence-electron chi connectivity index (χ4n) is 1.02. The highest BCUT2D eigenvalue weighted by atomic mass is 16.5. The highest BCUT2D eigenvalue weighted by Crippen LogP contribution is 2.24. The van der Waals surface area contributed by atoms with E-state index in [2.05, 4.69) is 0 Å². The first-order chi connectivity index (χ1) is 5.18. The van der Waals surface area contributed by atoms with Crippen molar-refractivity contribution < 1.29 is 9.62 Å². The minimum absolute atomic E-state index is 0.235. The molecule has 0 saturated heterocycles. The molecule has 0 fully saturated rings. The van der Waals surface area contributed by atoms with Crippen LogP contribution in [0.2, 0.25) is 0 Å². The SMILES string of the molecule is Nc1cc2c(cc(N)n2O)o1. The average Bonchev–Trinajstić information content (AvgIpc) is 2.37. The van der Waals surface area contributed by atoms with Gasteiger partial charge >= 0.3 is 0 Å². The van der Waals surface area contributed by atoms with Crippen molar-refractivity contribution >= 4 is 22.8 Å². The zero-order chi connectivity index (χ0) is 8.01. The third kappa shape index (κ3) is 0.644. The normalized spacial score (nSPS) is 10.9. The molecule has 0 aliphatic heterocycles. The maximum absolute atomic E-state index is 9.19. The third-order valence-electron chi connectivity index (χ3n) is 1.51. The molecule has 0 radical (unpaired) electrons. The number of hydrogen-bond acceptors (Lipinski definition) is 4. The molecule has 0 spiro atoms. The molecule has 2 aromatic heterocycles. The second-order valence-corrected chi connectivity index (χ2v) is 2.28. The van der Waals surface area contributed by atoms with Crippen molar-refractivity contribution in [3.63, 3.8) is 0 Å². The smallest absolute Gasteiger partial charge is 0.193 e. The van der Waals surface area contributed by atoms with Crippen LogP contribution < -0.4 is 11.5 Å². The van der Waals surface area contributed by atoms with E-state index in [9.17, 15) is 5.21 Å². The zero-order valence-corrected chi connectivity index (χ0v) is 5.61. The van der Waals surface area contributed by atoms with E-state index in [-0.39, 0.29) is 11.7 Å². The lowest BCUT2D eigenvalue weighted by Gasteiger charge is -1.91. The first-order valence-corrected chi connectivity index (χ1v) is 3.04. The van der Waals surface area contributed by atoms with Crippen LogP contribution in [0.1, 0.15) is 0 Å². The third-order valence-corrected chi connectivity index (χ3v) is 1.51. The summed E-state index contributed by atoms with van der Waals surface area (Å²) in [6.45, 7) is 0. The molecule has 0 bridgehead atoms. The summed E-state index contributed by atoms with van der Waals surface area (Å²) in [7, 11) is 0. The van der Waals surface area contributed by atoms with E-state index in [1.165, 1.54) is 12.1 Å². The monoisotopic (exact) mass is 153 g/mol. The standard InChI is InChI=1S/C6H7N3O2/c7-5-2-4-3(9(5)10)1-6(8)11-4/h1-2,10H,7-8H2. The average molecular weight is 153 g/mol. The minimum atomic E-state index is 0.235. The van der Waals surface area contributed by atoms with E-state index >= 15 is 0 Å². The molecule has 0 unspecified atom stereocenters. The zero-order valence-electron chi connectivity index (χ0n) is 5.61. The van der Waals surface area contributed by atoms with E-state index in [1.807, 2.05) is 0 Å². The van der Waals surface area contributed by atoms with Crippen LogP contribution in [0.3, 0.4) is 0 Å². The molecule has 0 amide bonds. The quantitative estimate of drug-likeness (QED) is 0.484. The predicted molar refractivity (Wildman–Crippen MR) is 40.2 cm³/mol. The molecule has 0 aliphatic rings. The number of nitrogens with two attached hydrogens (primary N) is 2. The second-order valence-electron chi connectivity index (χ2n) is 2.28. The van der Waals surface area contributed by atoms with E-state index in [0.717, 1.165) is 4.73 Å². The first kappa shape index (κ1) is 5.96. The number of aromatic nitrogens is 1. The summed E-state index contributed by atoms with van der Waals surface area (Å²) < 4.78 is 5.82. The van der Waals surface area contributed by atoms with Crippen LogP contribution in [0.4, 0.5) is 11.7 Å². The van der Waals surface area contributed by atoms with Crippen molar-refractivity contribution in [2.75, 3.05) is 11.5 Å². The van der Waals surface area contributed by atoms with Gasteiger partial charge in [-0.3, -0.25) is 0 Å². The van der Waals surface area contributed by atoms with E-state index in [4.69, 9.17) is 15.9 Å². The molecular weight excluding hydrogens is 146 g/mol. The second kappa shape index (κ2) is 1.63. The Labute approximate surface area is 61.8 Å². The van der Waals surface area contributed by atoms with Crippen molar-refractivity contribution in [3.8, 4) is 0 Å². The highest BCUT2D eigenvalue weighted by Gasteiger charge is 2.08. The van der Waals surface area contributed by atoms with Gasteiger partial charge in [0.1, 0.15) is 11.3 Å². The van der Waals surface area contributed by atoms with Gasteiger partial charge in [0.15, 0.2) is 11.5 Å². The van der Waals surface area contributed by atoms with E-state index < -0.39 is 0 Å². The molecule has 2 heterocycles. The molecule has 0 atom stereocenters. The number of nitrogens with zero attached hydrogens (tertiary/aromatic N) is 1. The van der Waals surface area contributed by atoms with Gasteiger partial charge in [-0.25, -0.2) is 0 Å². The van der Waals surface area contributed by atoms with Crippen LogP contribution in [0.5, 0.6) is 0 Å². The Morgan fingerprint density at radius 2 is 2.09 bits per heavy atom. The van der Waals surface area contributed by atoms with Crippen molar-refractivity contribution in [3.05, 3.63) is 12.1 Å². The molecule has 0 aromatic carbocycles. The first-order valence-electron chi connectivity index (χ1n) is 3.04. The number of furan rings is 1. The Morgan fingerprint density at radius 3 is 2.73 bits per heavy atom. The fraction of sp³-hybridized carbons (Fsp3) is 0. The topological polar surface area (TPSA) is 90.3 Å². The summed E-state index contributed by atoms with van der Waals surface area (Å²) in [6.07, 6.45) is 0. The van der Waals surface area contributed by atoms with Crippen LogP contribution in [-0.2, 0) is 0 Å². The van der Waals surface area contributed by atoms with Crippen molar-refractivity contribution in [2.45, 2.75) is 0 Å². The van der Waals surface area contributed by atoms with Crippen molar-refractivity contribution in [2.24, 2.45) is 0 Å². The molecule has 0 aliphatic carbocycles. The molecule has 5 nitrogen and oxygen atoms in total. The van der Waals surface area contributed by atoms with Gasteiger partial charge < -0.3 is 21.1 Å². The highest BCUT2D eigenvalue weighted by molar-refractivity contribution is 5.81. The maximum Gasteiger partial charge on any atom is 0.193 e. The molecule has 5 N–H and O–H groups in total. The Hall–Kier alpha value is -1.78. The molecule has 5 heteroatoms. The predicted octanol–water partition coefficient (Wildman–Crippen LogP) is 0.636. The van der Waals surface area contributed by atoms with Crippen LogP contribution >= 0.6 is 0 Å². The van der Waals surface area contributed by atoms with Crippen LogP contribution in [-0.4, -0.2) is 9.94 Å². The fourth-order valence-corrected chi connectivity index (χ4v) is 1.02. The Morgan fingerprint density at radius 1 is 1.36 bits per heavy atom. The molecule has 58 valence electrons. The van der Waals surface area contributed by atoms with Crippen molar-refractivity contribution in [1.82, 2.24) is 4.73 Å². The molecular formula is C6H7N3O2. The lowest BCUT2D eigenvalue weighted by atomic mass is 10.5. The van der Waals surface area contributed by atoms with Crippen LogP contribution in [0, 0.1) is 0 Å². The summed E-state index contributed by atoms with van der Waals surface area (Å²) in [5.41, 5.74) is 11.7. The van der Waals surface area contributed by atoms with Gasteiger partial charge in [0.25, 0.3) is 0 Å². The summed E-state index contributed by atoms with van der Waals surface area (Å²) in [4.78, 5) is 0. The number of fused-ring (bicyclic) bond motifs is 1. The van der Waals surface area contributed by atoms with Gasteiger partial charge in [-0.15, -0.1) is 0 Å². The molecule has 2 rings (SSSR count). The summed E-state index contributed by atoms with van der Waals surface area (Å²) in [6, 6.07) is 3.01. The largest absolute Gasteiger partial charge is 0.439 e.